The molecule has 15 heteroatoms. The van der Waals surface area contributed by atoms with Crippen LogP contribution in [0.3, 0.4) is 0 Å². The van der Waals surface area contributed by atoms with E-state index in [9.17, 15) is 18.0 Å². The number of hydrogen-bond donors (Lipinski definition) is 0. The van der Waals surface area contributed by atoms with Gasteiger partial charge in [-0.25, -0.2) is 4.98 Å². The van der Waals surface area contributed by atoms with E-state index in [1.54, 1.807) is 6.07 Å². The Kier molecular flexibility index (Phi) is 9.65. The predicted octanol–water partition coefficient (Wildman–Crippen LogP) is 4.33. The highest BCUT2D eigenvalue weighted by atomic mass is 19.4. The van der Waals surface area contributed by atoms with Crippen LogP contribution in [0.15, 0.2) is 91.4 Å². The van der Waals surface area contributed by atoms with Gasteiger partial charge < -0.3 is 14.4 Å². The number of carbonyl (C=O) groups is 1. The number of benzene rings is 3. The number of halogens is 3. The maximum atomic E-state index is 13.9. The normalized spacial score (nSPS) is 18.4. The first kappa shape index (κ1) is 34.1. The molecule has 2 aliphatic heterocycles. The highest BCUT2D eigenvalue weighted by molar-refractivity contribution is 5.92. The number of amides is 1. The molecule has 1 amide bonds. The summed E-state index contributed by atoms with van der Waals surface area (Å²) in [5, 5.41) is 10.2. The van der Waals surface area contributed by atoms with Crippen LogP contribution in [-0.2, 0) is 12.7 Å². The zero-order chi connectivity index (χ0) is 35.5. The Balaban J connectivity index is 1.29. The van der Waals surface area contributed by atoms with Gasteiger partial charge in [-0.05, 0) is 33.7 Å². The van der Waals surface area contributed by atoms with Gasteiger partial charge in [-0.3, -0.25) is 19.6 Å². The first-order valence-electron chi connectivity index (χ1n) is 16.5. The molecule has 0 radical (unpaired) electrons. The molecule has 0 saturated carbocycles. The number of tetrazole rings is 1. The van der Waals surface area contributed by atoms with Crippen LogP contribution >= 0.6 is 0 Å². The van der Waals surface area contributed by atoms with Crippen LogP contribution < -0.4 is 9.47 Å². The molecule has 51 heavy (non-hydrogen) atoms. The standard InChI is InChI=1S/C36H36F3N9O3/c1-50-31-14-13-29(48-35(36(37,38)39)42-43-44-48)33(51-2)27(31)22-45-20-26-21-46(34(49)28-19-40-15-16-41-28)17-18-47(26)30(23-45)32(24-9-5-3-6-10-24)25-11-7-4-8-12-25/h3-16,19,26,30,32H,17-18,20-23H2,1-2H3/t26-,30+/m1/s1. The second-order valence-electron chi connectivity index (χ2n) is 12.5. The second-order valence-corrected chi connectivity index (χ2v) is 12.5. The van der Waals surface area contributed by atoms with E-state index in [1.165, 1.54) is 38.9 Å². The summed E-state index contributed by atoms with van der Waals surface area (Å²) in [5.41, 5.74) is 3.18. The molecule has 264 valence electrons. The van der Waals surface area contributed by atoms with E-state index < -0.39 is 12.0 Å². The molecule has 3 aromatic carbocycles. The van der Waals surface area contributed by atoms with Gasteiger partial charge >= 0.3 is 6.18 Å². The maximum Gasteiger partial charge on any atom is 0.453 e. The van der Waals surface area contributed by atoms with Crippen LogP contribution in [0.4, 0.5) is 13.2 Å². The highest BCUT2D eigenvalue weighted by Crippen LogP contribution is 2.40. The van der Waals surface area contributed by atoms with E-state index in [0.29, 0.717) is 48.7 Å². The number of fused-ring (bicyclic) bond motifs is 1. The first-order valence-corrected chi connectivity index (χ1v) is 16.5. The zero-order valence-electron chi connectivity index (χ0n) is 28.0. The van der Waals surface area contributed by atoms with E-state index in [4.69, 9.17) is 9.47 Å². The van der Waals surface area contributed by atoms with Crippen LogP contribution in [0.5, 0.6) is 11.5 Å². The van der Waals surface area contributed by atoms with Crippen molar-refractivity contribution < 1.29 is 27.4 Å². The molecule has 2 aromatic heterocycles. The molecular weight excluding hydrogens is 663 g/mol. The molecule has 5 aromatic rings. The summed E-state index contributed by atoms with van der Waals surface area (Å²) in [6, 6.07) is 23.6. The van der Waals surface area contributed by atoms with Crippen molar-refractivity contribution in [3.63, 3.8) is 0 Å². The lowest BCUT2D eigenvalue weighted by molar-refractivity contribution is -0.146. The largest absolute Gasteiger partial charge is 0.496 e. The van der Waals surface area contributed by atoms with Crippen LogP contribution in [-0.4, -0.2) is 110 Å². The van der Waals surface area contributed by atoms with Crippen molar-refractivity contribution in [3.8, 4) is 17.2 Å². The molecule has 2 aliphatic rings. The number of alkyl halides is 3. The van der Waals surface area contributed by atoms with Crippen LogP contribution in [0.1, 0.15) is 38.9 Å². The molecule has 0 bridgehead atoms. The lowest BCUT2D eigenvalue weighted by atomic mass is 9.81. The van der Waals surface area contributed by atoms with Crippen molar-refractivity contribution in [2.75, 3.05) is 46.9 Å². The third kappa shape index (κ3) is 6.86. The minimum Gasteiger partial charge on any atom is -0.496 e. The van der Waals surface area contributed by atoms with Crippen molar-refractivity contribution in [1.82, 2.24) is 44.9 Å². The van der Waals surface area contributed by atoms with Gasteiger partial charge in [-0.2, -0.15) is 17.9 Å². The van der Waals surface area contributed by atoms with Crippen molar-refractivity contribution in [2.24, 2.45) is 0 Å². The van der Waals surface area contributed by atoms with Crippen molar-refractivity contribution in [1.29, 1.82) is 0 Å². The number of piperazine rings is 2. The topological polar surface area (TPSA) is 115 Å². The summed E-state index contributed by atoms with van der Waals surface area (Å²) in [7, 11) is 2.91. The zero-order valence-corrected chi connectivity index (χ0v) is 28.0. The average Bonchev–Trinajstić information content (AvgIpc) is 3.67. The molecule has 0 spiro atoms. The van der Waals surface area contributed by atoms with Crippen molar-refractivity contribution in [2.45, 2.75) is 30.7 Å². The smallest absolute Gasteiger partial charge is 0.453 e. The Morgan fingerprint density at radius 2 is 1.63 bits per heavy atom. The summed E-state index contributed by atoms with van der Waals surface area (Å²) >= 11 is 0. The maximum absolute atomic E-state index is 13.9. The van der Waals surface area contributed by atoms with E-state index in [-0.39, 0.29) is 47.6 Å². The number of ether oxygens (including phenoxy) is 2. The number of nitrogens with zero attached hydrogens (tertiary/aromatic N) is 9. The minimum atomic E-state index is -4.79. The molecule has 0 N–H and O–H groups in total. The molecule has 2 fully saturated rings. The summed E-state index contributed by atoms with van der Waals surface area (Å²) < 4.78 is 53.9. The Morgan fingerprint density at radius 1 is 0.902 bits per heavy atom. The van der Waals surface area contributed by atoms with Gasteiger partial charge in [-0.1, -0.05) is 60.7 Å². The van der Waals surface area contributed by atoms with E-state index in [1.807, 2.05) is 41.3 Å². The SMILES string of the molecule is COc1ccc(-n2nnnc2C(F)(F)F)c(OC)c1CN1C[C@@H]2CN(C(=O)c3cnccn3)CCN2[C@H](C(c2ccccc2)c2ccccc2)C1. The van der Waals surface area contributed by atoms with Gasteiger partial charge in [0.1, 0.15) is 17.1 Å². The summed E-state index contributed by atoms with van der Waals surface area (Å²) in [6.45, 7) is 3.07. The molecule has 0 unspecified atom stereocenters. The third-order valence-electron chi connectivity index (χ3n) is 9.59. The van der Waals surface area contributed by atoms with E-state index in [0.717, 1.165) is 11.1 Å². The summed E-state index contributed by atoms with van der Waals surface area (Å²) in [4.78, 5) is 28.5. The number of rotatable bonds is 9. The van der Waals surface area contributed by atoms with Gasteiger partial charge in [0.05, 0.1) is 26.0 Å². The van der Waals surface area contributed by atoms with Gasteiger partial charge in [0, 0.05) is 69.7 Å². The lowest BCUT2D eigenvalue weighted by Crippen LogP contribution is -2.67. The van der Waals surface area contributed by atoms with Gasteiger partial charge in [-0.15, -0.1) is 5.10 Å². The minimum absolute atomic E-state index is 0.0226. The molecule has 2 saturated heterocycles. The monoisotopic (exact) mass is 699 g/mol. The molecule has 4 heterocycles. The van der Waals surface area contributed by atoms with Crippen molar-refractivity contribution >= 4 is 5.91 Å². The molecule has 12 nitrogen and oxygen atoms in total. The Labute approximate surface area is 292 Å². The number of methoxy groups -OCH3 is 2. The average molecular weight is 700 g/mol. The van der Waals surface area contributed by atoms with Crippen LogP contribution in [0, 0.1) is 0 Å². The van der Waals surface area contributed by atoms with E-state index >= 15 is 0 Å². The predicted molar refractivity (Wildman–Crippen MR) is 179 cm³/mol. The van der Waals surface area contributed by atoms with Crippen LogP contribution in [0.25, 0.3) is 5.69 Å². The summed E-state index contributed by atoms with van der Waals surface area (Å²) in [5.74, 6) is -0.865. The van der Waals surface area contributed by atoms with Gasteiger partial charge in [0.15, 0.2) is 5.75 Å². The Morgan fingerprint density at radius 3 is 2.25 bits per heavy atom. The lowest BCUT2D eigenvalue weighted by Gasteiger charge is -2.53. The Hall–Kier alpha value is -5.41. The number of aromatic nitrogens is 6. The van der Waals surface area contributed by atoms with Crippen LogP contribution in [0.2, 0.25) is 0 Å². The molecule has 7 rings (SSSR count). The quantitative estimate of drug-likeness (QED) is 0.220. The van der Waals surface area contributed by atoms with Gasteiger partial charge in [0.25, 0.3) is 11.7 Å². The fraction of sp³-hybridized carbons (Fsp3) is 0.333. The first-order chi connectivity index (χ1) is 24.8. The van der Waals surface area contributed by atoms with E-state index in [2.05, 4.69) is 59.6 Å². The van der Waals surface area contributed by atoms with Gasteiger partial charge in [0.2, 0.25) is 0 Å². The molecular formula is C36H36F3N9O3. The third-order valence-corrected chi connectivity index (χ3v) is 9.59. The fourth-order valence-corrected chi connectivity index (χ4v) is 7.43. The number of carbonyl (C=O) groups excluding carboxylic acids is 1. The summed E-state index contributed by atoms with van der Waals surface area (Å²) in [6.07, 6.45) is -0.274. The molecule has 0 aliphatic carbocycles. The molecule has 2 atom stereocenters. The number of hydrogen-bond acceptors (Lipinski definition) is 10. The fourth-order valence-electron chi connectivity index (χ4n) is 7.43. The second kappa shape index (κ2) is 14.4. The van der Waals surface area contributed by atoms with Crippen molar-refractivity contribution in [3.05, 3.63) is 120 Å². The Bertz CT molecular complexity index is 1910. The highest BCUT2D eigenvalue weighted by Gasteiger charge is 2.44.